The molecule has 98 valence electrons. The third kappa shape index (κ3) is 3.32. The van der Waals surface area contributed by atoms with Crippen LogP contribution in [-0.2, 0) is 16.0 Å². The van der Waals surface area contributed by atoms with Crippen molar-refractivity contribution in [3.05, 3.63) is 22.4 Å². The number of carbonyl (C=O) groups excluding carboxylic acids is 1. The second-order valence-electron chi connectivity index (χ2n) is 4.83. The second-order valence-corrected chi connectivity index (χ2v) is 5.86. The molecule has 2 rings (SSSR count). The molecular formula is C13H17NO3S. The van der Waals surface area contributed by atoms with Crippen molar-refractivity contribution in [2.24, 2.45) is 0 Å². The van der Waals surface area contributed by atoms with Gasteiger partial charge in [0.2, 0.25) is 5.91 Å². The highest BCUT2D eigenvalue weighted by atomic mass is 32.1. The monoisotopic (exact) mass is 267 g/mol. The smallest absolute Gasteiger partial charge is 0.305 e. The Balaban J connectivity index is 1.80. The SMILES string of the molecule is O=C(O)CC1(NC(=O)CCc2cccs2)CCC1. The van der Waals surface area contributed by atoms with Crippen LogP contribution in [0.2, 0.25) is 0 Å². The Morgan fingerprint density at radius 1 is 1.44 bits per heavy atom. The zero-order valence-corrected chi connectivity index (χ0v) is 11.0. The lowest BCUT2D eigenvalue weighted by Crippen LogP contribution is -2.54. The van der Waals surface area contributed by atoms with Gasteiger partial charge in [-0.05, 0) is 37.1 Å². The molecule has 0 aliphatic heterocycles. The second kappa shape index (κ2) is 5.52. The number of aryl methyl sites for hydroxylation is 1. The van der Waals surface area contributed by atoms with E-state index in [1.165, 1.54) is 4.88 Å². The first-order valence-corrected chi connectivity index (χ1v) is 7.03. The van der Waals surface area contributed by atoms with Gasteiger partial charge in [-0.2, -0.15) is 0 Å². The Morgan fingerprint density at radius 2 is 2.22 bits per heavy atom. The molecule has 0 saturated heterocycles. The molecule has 0 spiro atoms. The summed E-state index contributed by atoms with van der Waals surface area (Å²) >= 11 is 1.64. The summed E-state index contributed by atoms with van der Waals surface area (Å²) in [6.07, 6.45) is 3.76. The van der Waals surface area contributed by atoms with E-state index in [0.29, 0.717) is 6.42 Å². The summed E-state index contributed by atoms with van der Waals surface area (Å²) in [4.78, 5) is 23.8. The zero-order chi connectivity index (χ0) is 13.0. The number of rotatable bonds is 6. The molecule has 5 heteroatoms. The standard InChI is InChI=1S/C13H17NO3S/c15-11(5-4-10-3-1-8-18-10)14-13(6-2-7-13)9-12(16)17/h1,3,8H,2,4-7,9H2,(H,14,15)(H,16,17). The van der Waals surface area contributed by atoms with E-state index in [1.807, 2.05) is 17.5 Å². The molecule has 2 N–H and O–H groups in total. The normalized spacial score (nSPS) is 16.9. The molecule has 1 heterocycles. The summed E-state index contributed by atoms with van der Waals surface area (Å²) in [5, 5.41) is 13.8. The number of aliphatic carboxylic acids is 1. The van der Waals surface area contributed by atoms with Crippen LogP contribution in [0.15, 0.2) is 17.5 Å². The maximum Gasteiger partial charge on any atom is 0.305 e. The van der Waals surface area contributed by atoms with E-state index < -0.39 is 11.5 Å². The van der Waals surface area contributed by atoms with Crippen LogP contribution < -0.4 is 5.32 Å². The highest BCUT2D eigenvalue weighted by Crippen LogP contribution is 2.35. The van der Waals surface area contributed by atoms with Crippen LogP contribution >= 0.6 is 11.3 Å². The van der Waals surface area contributed by atoms with Crippen LogP contribution in [0.5, 0.6) is 0 Å². The van der Waals surface area contributed by atoms with E-state index >= 15 is 0 Å². The van der Waals surface area contributed by atoms with Gasteiger partial charge in [0.1, 0.15) is 0 Å². The molecule has 1 aromatic heterocycles. The van der Waals surface area contributed by atoms with Gasteiger partial charge in [0.15, 0.2) is 0 Å². The lowest BCUT2D eigenvalue weighted by molar-refractivity contribution is -0.140. The van der Waals surface area contributed by atoms with Crippen LogP contribution in [0.25, 0.3) is 0 Å². The van der Waals surface area contributed by atoms with Crippen molar-refractivity contribution in [1.29, 1.82) is 0 Å². The van der Waals surface area contributed by atoms with E-state index in [-0.39, 0.29) is 12.3 Å². The minimum absolute atomic E-state index is 0.0376. The van der Waals surface area contributed by atoms with Gasteiger partial charge in [-0.25, -0.2) is 0 Å². The van der Waals surface area contributed by atoms with Crippen LogP contribution in [0.3, 0.4) is 0 Å². The fourth-order valence-corrected chi connectivity index (χ4v) is 3.00. The Kier molecular flexibility index (Phi) is 4.01. The summed E-state index contributed by atoms with van der Waals surface area (Å²) < 4.78 is 0. The first-order chi connectivity index (χ1) is 8.60. The van der Waals surface area contributed by atoms with Gasteiger partial charge in [0.25, 0.3) is 0 Å². The zero-order valence-electron chi connectivity index (χ0n) is 10.1. The first-order valence-electron chi connectivity index (χ1n) is 6.15. The largest absolute Gasteiger partial charge is 0.481 e. The molecule has 1 aromatic rings. The van der Waals surface area contributed by atoms with Crippen molar-refractivity contribution in [2.75, 3.05) is 0 Å². The maximum absolute atomic E-state index is 11.8. The molecule has 0 aromatic carbocycles. The molecule has 0 atom stereocenters. The van der Waals surface area contributed by atoms with Crippen LogP contribution in [0, 0.1) is 0 Å². The number of amides is 1. The summed E-state index contributed by atoms with van der Waals surface area (Å²) in [5.74, 6) is -0.877. The van der Waals surface area contributed by atoms with E-state index in [0.717, 1.165) is 25.7 Å². The lowest BCUT2D eigenvalue weighted by Gasteiger charge is -2.41. The number of carboxylic acids is 1. The Labute approximate surface area is 110 Å². The number of hydrogen-bond acceptors (Lipinski definition) is 3. The quantitative estimate of drug-likeness (QED) is 0.830. The minimum atomic E-state index is -0.840. The van der Waals surface area contributed by atoms with Gasteiger partial charge in [0.05, 0.1) is 12.0 Å². The number of hydrogen-bond donors (Lipinski definition) is 2. The van der Waals surface area contributed by atoms with Gasteiger partial charge in [-0.1, -0.05) is 6.07 Å². The van der Waals surface area contributed by atoms with E-state index in [2.05, 4.69) is 5.32 Å². The molecule has 1 amide bonds. The average Bonchev–Trinajstić information content (AvgIpc) is 2.75. The molecule has 4 nitrogen and oxygen atoms in total. The third-order valence-electron chi connectivity index (χ3n) is 3.38. The fraction of sp³-hybridized carbons (Fsp3) is 0.538. The third-order valence-corrected chi connectivity index (χ3v) is 4.32. The maximum atomic E-state index is 11.8. The average molecular weight is 267 g/mol. The summed E-state index contributed by atoms with van der Waals surface area (Å²) in [6.45, 7) is 0. The predicted molar refractivity (Wildman–Crippen MR) is 69.6 cm³/mol. The molecule has 0 radical (unpaired) electrons. The Morgan fingerprint density at radius 3 is 2.72 bits per heavy atom. The molecule has 18 heavy (non-hydrogen) atoms. The van der Waals surface area contributed by atoms with Crippen molar-refractivity contribution in [3.8, 4) is 0 Å². The van der Waals surface area contributed by atoms with Crippen molar-refractivity contribution in [3.63, 3.8) is 0 Å². The highest BCUT2D eigenvalue weighted by molar-refractivity contribution is 7.09. The van der Waals surface area contributed by atoms with Gasteiger partial charge in [-0.15, -0.1) is 11.3 Å². The van der Waals surface area contributed by atoms with Gasteiger partial charge in [0, 0.05) is 11.3 Å². The molecule has 0 unspecified atom stereocenters. The number of thiophene rings is 1. The van der Waals surface area contributed by atoms with Gasteiger partial charge < -0.3 is 10.4 Å². The highest BCUT2D eigenvalue weighted by Gasteiger charge is 2.40. The molecule has 1 aliphatic rings. The van der Waals surface area contributed by atoms with E-state index in [1.54, 1.807) is 11.3 Å². The van der Waals surface area contributed by atoms with Crippen molar-refractivity contribution < 1.29 is 14.7 Å². The van der Waals surface area contributed by atoms with Crippen molar-refractivity contribution in [1.82, 2.24) is 5.32 Å². The number of carbonyl (C=O) groups is 2. The molecular weight excluding hydrogens is 250 g/mol. The van der Waals surface area contributed by atoms with E-state index in [4.69, 9.17) is 5.11 Å². The van der Waals surface area contributed by atoms with Gasteiger partial charge in [-0.3, -0.25) is 9.59 Å². The fourth-order valence-electron chi connectivity index (χ4n) is 2.29. The van der Waals surface area contributed by atoms with Crippen molar-refractivity contribution >= 4 is 23.2 Å². The van der Waals surface area contributed by atoms with Crippen molar-refractivity contribution in [2.45, 2.75) is 44.1 Å². The molecule has 1 fully saturated rings. The van der Waals surface area contributed by atoms with Gasteiger partial charge >= 0.3 is 5.97 Å². The summed E-state index contributed by atoms with van der Waals surface area (Å²) in [6, 6.07) is 3.98. The Hall–Kier alpha value is -1.36. The summed E-state index contributed by atoms with van der Waals surface area (Å²) in [7, 11) is 0. The van der Waals surface area contributed by atoms with Crippen LogP contribution in [-0.4, -0.2) is 22.5 Å². The first kappa shape index (κ1) is 13.1. The minimum Gasteiger partial charge on any atom is -0.481 e. The molecule has 1 saturated carbocycles. The number of carboxylic acid groups (broad SMARTS) is 1. The topological polar surface area (TPSA) is 66.4 Å². The van der Waals surface area contributed by atoms with E-state index in [9.17, 15) is 9.59 Å². The molecule has 0 bridgehead atoms. The number of nitrogens with one attached hydrogen (secondary N) is 1. The van der Waals surface area contributed by atoms with Crippen LogP contribution in [0.4, 0.5) is 0 Å². The molecule has 1 aliphatic carbocycles. The Bertz CT molecular complexity index is 423. The lowest BCUT2D eigenvalue weighted by atomic mass is 9.74. The summed E-state index contributed by atoms with van der Waals surface area (Å²) in [5.41, 5.74) is -0.474. The van der Waals surface area contributed by atoms with Crippen LogP contribution in [0.1, 0.15) is 37.0 Å². The predicted octanol–water partition coefficient (Wildman–Crippen LogP) is 2.19.